The summed E-state index contributed by atoms with van der Waals surface area (Å²) in [6.07, 6.45) is 0. The van der Waals surface area contributed by atoms with Gasteiger partial charge in [-0.1, -0.05) is 42.5 Å². The van der Waals surface area contributed by atoms with Gasteiger partial charge in [0, 0.05) is 16.6 Å². The van der Waals surface area contributed by atoms with Gasteiger partial charge in [0.15, 0.2) is 0 Å². The summed E-state index contributed by atoms with van der Waals surface area (Å²) in [5, 5.41) is 9.72. The van der Waals surface area contributed by atoms with Crippen LogP contribution in [0.4, 0.5) is 5.69 Å². The number of amides is 1. The molecule has 6 nitrogen and oxygen atoms in total. The van der Waals surface area contributed by atoms with Crippen LogP contribution in [0.3, 0.4) is 0 Å². The number of hydrogen-bond acceptors (Lipinski definition) is 4. The van der Waals surface area contributed by atoms with Crippen LogP contribution in [0.1, 0.15) is 27.0 Å². The Morgan fingerprint density at radius 1 is 1.00 bits per heavy atom. The molecule has 1 amide bonds. The lowest BCUT2D eigenvalue weighted by molar-refractivity contribution is 0.0999. The Morgan fingerprint density at radius 2 is 1.74 bits per heavy atom. The van der Waals surface area contributed by atoms with Crippen molar-refractivity contribution in [2.75, 3.05) is 4.90 Å². The minimum atomic E-state index is -0.718. The smallest absolute Gasteiger partial charge is 0.349 e. The summed E-state index contributed by atoms with van der Waals surface area (Å²) < 4.78 is 5.29. The Balaban J connectivity index is 1.61. The van der Waals surface area contributed by atoms with Gasteiger partial charge in [-0.3, -0.25) is 4.79 Å². The van der Waals surface area contributed by atoms with Gasteiger partial charge in [-0.15, -0.1) is 0 Å². The second kappa shape index (κ2) is 7.39. The Hall–Kier alpha value is -4.50. The highest BCUT2D eigenvalue weighted by atomic mass is 16.4. The number of fused-ring (bicyclic) bond motifs is 2. The van der Waals surface area contributed by atoms with Crippen molar-refractivity contribution in [1.82, 2.24) is 0 Å². The van der Waals surface area contributed by atoms with Crippen molar-refractivity contribution in [1.29, 1.82) is 5.26 Å². The molecule has 0 radical (unpaired) electrons. The summed E-state index contributed by atoms with van der Waals surface area (Å²) in [6, 6.07) is 25.4. The summed E-state index contributed by atoms with van der Waals surface area (Å²) >= 11 is 0. The van der Waals surface area contributed by atoms with Crippen LogP contribution in [0.5, 0.6) is 0 Å². The molecule has 2 heterocycles. The van der Waals surface area contributed by atoms with E-state index in [1.807, 2.05) is 47.4 Å². The first kappa shape index (κ1) is 18.5. The molecule has 0 spiro atoms. The predicted octanol–water partition coefficient (Wildman–Crippen LogP) is 4.27. The molecule has 0 unspecified atom stereocenters. The van der Waals surface area contributed by atoms with E-state index in [0.29, 0.717) is 28.9 Å². The number of carbonyl (C=O) groups is 1. The molecule has 1 aliphatic rings. The fourth-order valence-corrected chi connectivity index (χ4v) is 3.68. The fourth-order valence-electron chi connectivity index (χ4n) is 3.68. The average molecular weight is 405 g/mol. The first-order chi connectivity index (χ1) is 15.1. The van der Waals surface area contributed by atoms with E-state index < -0.39 is 11.5 Å². The van der Waals surface area contributed by atoms with Crippen LogP contribution in [-0.4, -0.2) is 11.7 Å². The summed E-state index contributed by atoms with van der Waals surface area (Å²) in [6.45, 7) is 0.528. The van der Waals surface area contributed by atoms with Crippen LogP contribution < -0.4 is 10.5 Å². The molecule has 0 fully saturated rings. The van der Waals surface area contributed by atoms with Gasteiger partial charge in [-0.05, 0) is 42.0 Å². The van der Waals surface area contributed by atoms with Crippen molar-refractivity contribution < 1.29 is 9.21 Å². The van der Waals surface area contributed by atoms with Crippen molar-refractivity contribution in [2.45, 2.75) is 6.54 Å². The molecular formula is C25H15N3O3. The maximum Gasteiger partial charge on any atom is 0.349 e. The van der Waals surface area contributed by atoms with Crippen LogP contribution in [0.15, 0.2) is 93.1 Å². The zero-order valence-corrected chi connectivity index (χ0v) is 16.3. The van der Waals surface area contributed by atoms with E-state index in [1.54, 1.807) is 30.3 Å². The highest BCUT2D eigenvalue weighted by Gasteiger charge is 2.28. The van der Waals surface area contributed by atoms with Gasteiger partial charge in [0.05, 0.1) is 18.2 Å². The van der Waals surface area contributed by atoms with Gasteiger partial charge in [0.1, 0.15) is 17.0 Å². The number of hydrogen-bond donors (Lipinski definition) is 0. The quantitative estimate of drug-likeness (QED) is 0.465. The van der Waals surface area contributed by atoms with E-state index in [0.717, 1.165) is 16.8 Å². The molecule has 0 bridgehead atoms. The number of carbonyl (C=O) groups excluding carboxylic acids is 1. The lowest BCUT2D eigenvalue weighted by Gasteiger charge is -2.19. The molecule has 4 aromatic rings. The van der Waals surface area contributed by atoms with Gasteiger partial charge in [-0.2, -0.15) is 10.3 Å². The van der Waals surface area contributed by atoms with Gasteiger partial charge in [0.2, 0.25) is 0 Å². The van der Waals surface area contributed by atoms with Gasteiger partial charge in [0.25, 0.3) is 5.91 Å². The van der Waals surface area contributed by atoms with E-state index >= 15 is 0 Å². The SMILES string of the molecule is N#Cc1ccc(N2Cc3ccccc3C2=NC(=O)c2cc3ccccc3oc2=O)cc1. The monoisotopic (exact) mass is 405 g/mol. The molecule has 0 atom stereocenters. The Morgan fingerprint density at radius 3 is 2.55 bits per heavy atom. The molecule has 3 aromatic carbocycles. The average Bonchev–Trinajstić information content (AvgIpc) is 3.17. The first-order valence-electron chi connectivity index (χ1n) is 9.66. The van der Waals surface area contributed by atoms with E-state index in [9.17, 15) is 9.59 Å². The molecule has 1 aromatic heterocycles. The maximum absolute atomic E-state index is 13.0. The molecule has 0 aliphatic carbocycles. The summed E-state index contributed by atoms with van der Waals surface area (Å²) in [7, 11) is 0. The number of rotatable bonds is 2. The minimum absolute atomic E-state index is 0.115. The zero-order valence-electron chi connectivity index (χ0n) is 16.3. The Labute approximate surface area is 177 Å². The van der Waals surface area contributed by atoms with Crippen molar-refractivity contribution in [3.8, 4) is 6.07 Å². The third-order valence-corrected chi connectivity index (χ3v) is 5.23. The third kappa shape index (κ3) is 3.28. The molecule has 0 saturated carbocycles. The number of aliphatic imine (C=N–C) groups is 1. The second-order valence-corrected chi connectivity index (χ2v) is 7.13. The Bertz CT molecular complexity index is 1460. The summed E-state index contributed by atoms with van der Waals surface area (Å²) in [4.78, 5) is 31.7. The molecule has 6 heteroatoms. The molecule has 0 N–H and O–H groups in total. The standard InChI is InChI=1S/C25H15N3O3/c26-14-16-9-11-19(12-10-16)28-15-18-6-1-3-7-20(18)23(28)27-24(29)21-13-17-5-2-4-8-22(17)31-25(21)30/h1-13H,15H2. The van der Waals surface area contributed by atoms with Crippen LogP contribution in [0.25, 0.3) is 11.0 Å². The highest BCUT2D eigenvalue weighted by molar-refractivity contribution is 6.19. The number of amidine groups is 1. The van der Waals surface area contributed by atoms with Crippen molar-refractivity contribution in [2.24, 2.45) is 4.99 Å². The van der Waals surface area contributed by atoms with Crippen LogP contribution in [-0.2, 0) is 6.54 Å². The summed E-state index contributed by atoms with van der Waals surface area (Å²) in [5.41, 5.74) is 2.77. The number of para-hydroxylation sites is 1. The highest BCUT2D eigenvalue weighted by Crippen LogP contribution is 2.29. The van der Waals surface area contributed by atoms with Crippen molar-refractivity contribution >= 4 is 28.4 Å². The van der Waals surface area contributed by atoms with E-state index in [2.05, 4.69) is 11.1 Å². The zero-order chi connectivity index (χ0) is 21.4. The normalized spacial score (nSPS) is 13.9. The molecule has 148 valence electrons. The molecule has 1 aliphatic heterocycles. The lowest BCUT2D eigenvalue weighted by Crippen LogP contribution is -2.26. The van der Waals surface area contributed by atoms with Crippen molar-refractivity contribution in [3.05, 3.63) is 112 Å². The van der Waals surface area contributed by atoms with Gasteiger partial charge in [-0.25, -0.2) is 4.79 Å². The number of benzene rings is 3. The maximum atomic E-state index is 13.0. The van der Waals surface area contributed by atoms with E-state index in [-0.39, 0.29) is 5.56 Å². The predicted molar refractivity (Wildman–Crippen MR) is 117 cm³/mol. The largest absolute Gasteiger partial charge is 0.422 e. The minimum Gasteiger partial charge on any atom is -0.422 e. The molecule has 31 heavy (non-hydrogen) atoms. The fraction of sp³-hybridized carbons (Fsp3) is 0.0400. The molecular weight excluding hydrogens is 390 g/mol. The number of nitriles is 1. The van der Waals surface area contributed by atoms with Crippen LogP contribution in [0.2, 0.25) is 0 Å². The van der Waals surface area contributed by atoms with Gasteiger partial charge < -0.3 is 9.32 Å². The second-order valence-electron chi connectivity index (χ2n) is 7.13. The summed E-state index contributed by atoms with van der Waals surface area (Å²) in [5.74, 6) is -0.206. The van der Waals surface area contributed by atoms with Crippen molar-refractivity contribution in [3.63, 3.8) is 0 Å². The number of nitrogens with zero attached hydrogens (tertiary/aromatic N) is 3. The lowest BCUT2D eigenvalue weighted by atomic mass is 10.1. The first-order valence-corrected chi connectivity index (χ1v) is 9.66. The molecule has 5 rings (SSSR count). The topological polar surface area (TPSA) is 86.7 Å². The molecule has 0 saturated heterocycles. The van der Waals surface area contributed by atoms with Crippen LogP contribution in [0, 0.1) is 11.3 Å². The van der Waals surface area contributed by atoms with Crippen LogP contribution >= 0.6 is 0 Å². The Kier molecular flexibility index (Phi) is 4.42. The van der Waals surface area contributed by atoms with E-state index in [1.165, 1.54) is 6.07 Å². The van der Waals surface area contributed by atoms with E-state index in [4.69, 9.17) is 9.68 Å². The third-order valence-electron chi connectivity index (χ3n) is 5.23. The number of anilines is 1. The van der Waals surface area contributed by atoms with Gasteiger partial charge >= 0.3 is 5.63 Å².